The molecule has 2 aliphatic heterocycles. The van der Waals surface area contributed by atoms with Crippen molar-refractivity contribution in [2.45, 2.75) is 41.6 Å². The van der Waals surface area contributed by atoms with Gasteiger partial charge in [0.1, 0.15) is 17.3 Å². The van der Waals surface area contributed by atoms with Gasteiger partial charge < -0.3 is 19.7 Å². The van der Waals surface area contributed by atoms with Gasteiger partial charge in [-0.2, -0.15) is 0 Å². The molecule has 4 aromatic rings. The summed E-state index contributed by atoms with van der Waals surface area (Å²) in [7, 11) is -4.55. The van der Waals surface area contributed by atoms with Crippen molar-refractivity contribution in [3.8, 4) is 11.5 Å². The highest BCUT2D eigenvalue weighted by Gasteiger charge is 2.58. The Hall–Kier alpha value is -4.53. The van der Waals surface area contributed by atoms with Gasteiger partial charge in [0.15, 0.2) is 23.1 Å². The lowest BCUT2D eigenvalue weighted by atomic mass is 10.1. The maximum Gasteiger partial charge on any atom is 0.255 e. The van der Waals surface area contributed by atoms with Gasteiger partial charge in [-0.25, -0.2) is 35.9 Å². The maximum atomic E-state index is 14.7. The van der Waals surface area contributed by atoms with Crippen molar-refractivity contribution in [1.82, 2.24) is 20.3 Å². The lowest BCUT2D eigenvalue weighted by Crippen LogP contribution is -2.30. The summed E-state index contributed by atoms with van der Waals surface area (Å²) >= 11 is 0. The van der Waals surface area contributed by atoms with Gasteiger partial charge in [0.25, 0.3) is 11.8 Å². The van der Waals surface area contributed by atoms with Gasteiger partial charge in [0, 0.05) is 36.2 Å². The van der Waals surface area contributed by atoms with Crippen LogP contribution in [-0.4, -0.2) is 60.5 Å². The molecule has 1 aliphatic carbocycles. The van der Waals surface area contributed by atoms with Crippen LogP contribution in [0, 0.1) is 5.82 Å². The molecule has 0 unspecified atom stereocenters. The fourth-order valence-corrected chi connectivity index (χ4v) is 6.66. The Balaban J connectivity index is 1.11. The lowest BCUT2D eigenvalue weighted by Gasteiger charge is -2.29. The standard InChI is InChI=1S/C29H23F4N5O5S/c30-20-7-16(9-23-26(20)43-5-3-24(31)44(23,40)41)28(39)36-14-18-10-21-15(12-34-18)1-2-25(37-21)38-4-6-42-22-8-17(13-35-27(22)38)19-11-29(19,32)33/h1-2,7-10,12-13,19,24H,3-6,11,14H2,(H,36,39)/t19-,24+/m0/s1. The molecule has 44 heavy (non-hydrogen) atoms. The zero-order valence-corrected chi connectivity index (χ0v) is 23.6. The van der Waals surface area contributed by atoms with Crippen molar-refractivity contribution >= 4 is 38.3 Å². The minimum absolute atomic E-state index is 0.106. The molecule has 15 heteroatoms. The summed E-state index contributed by atoms with van der Waals surface area (Å²) in [5.41, 5.74) is -1.24. The summed E-state index contributed by atoms with van der Waals surface area (Å²) in [6.45, 7) is 0.295. The van der Waals surface area contributed by atoms with E-state index in [1.807, 2.05) is 4.90 Å². The van der Waals surface area contributed by atoms with Gasteiger partial charge in [0.05, 0.1) is 36.8 Å². The van der Waals surface area contributed by atoms with Crippen LogP contribution in [0.1, 0.15) is 40.4 Å². The highest BCUT2D eigenvalue weighted by molar-refractivity contribution is 7.92. The van der Waals surface area contributed by atoms with E-state index in [9.17, 15) is 30.8 Å². The number of halogens is 4. The number of nitrogens with one attached hydrogen (secondary N) is 1. The van der Waals surface area contributed by atoms with Crippen LogP contribution in [0.2, 0.25) is 0 Å². The molecule has 228 valence electrons. The average Bonchev–Trinajstić information content (AvgIpc) is 3.68. The molecule has 3 aromatic heterocycles. The van der Waals surface area contributed by atoms with Crippen molar-refractivity contribution in [1.29, 1.82) is 0 Å². The SMILES string of the molecule is O=C(NCc1cc2nc(N3CCOc4cc([C@@H]5CC5(F)F)cnc43)ccc2cn1)c1cc(F)c2c(c1)S(=O)(=O)[C@@H](F)CCO2. The second kappa shape index (κ2) is 10.3. The molecule has 1 N–H and O–H groups in total. The molecule has 1 fully saturated rings. The molecule has 2 atom stereocenters. The van der Waals surface area contributed by atoms with E-state index in [1.165, 1.54) is 6.20 Å². The number of ether oxygens (including phenoxy) is 2. The predicted octanol–water partition coefficient (Wildman–Crippen LogP) is 4.60. The molecule has 5 heterocycles. The number of pyridine rings is 3. The first kappa shape index (κ1) is 28.3. The molecule has 0 bridgehead atoms. The molecule has 0 radical (unpaired) electrons. The molecule has 10 nitrogen and oxygen atoms in total. The highest BCUT2D eigenvalue weighted by atomic mass is 32.2. The van der Waals surface area contributed by atoms with Gasteiger partial charge >= 0.3 is 0 Å². The Labute approximate surface area is 248 Å². The average molecular weight is 630 g/mol. The van der Waals surface area contributed by atoms with Crippen molar-refractivity contribution < 1.29 is 40.2 Å². The van der Waals surface area contributed by atoms with Gasteiger partial charge in [-0.3, -0.25) is 9.78 Å². The zero-order chi connectivity index (χ0) is 30.8. The third kappa shape index (κ3) is 4.94. The summed E-state index contributed by atoms with van der Waals surface area (Å²) in [6, 6.07) is 8.56. The number of anilines is 2. The van der Waals surface area contributed by atoms with Gasteiger partial charge in [-0.05, 0) is 42.0 Å². The number of rotatable bonds is 5. The number of carbonyl (C=O) groups is 1. The number of carbonyl (C=O) groups excluding carboxylic acids is 1. The molecule has 7 rings (SSSR count). The first-order valence-corrected chi connectivity index (χ1v) is 15.2. The van der Waals surface area contributed by atoms with Crippen LogP contribution in [0.4, 0.5) is 29.2 Å². The first-order chi connectivity index (χ1) is 21.0. The van der Waals surface area contributed by atoms with E-state index < -0.39 is 56.0 Å². The first-order valence-electron chi connectivity index (χ1n) is 13.7. The summed E-state index contributed by atoms with van der Waals surface area (Å²) in [4.78, 5) is 27.4. The Bertz CT molecular complexity index is 1940. The largest absolute Gasteiger partial charge is 0.489 e. The Kier molecular flexibility index (Phi) is 6.60. The number of amides is 1. The molecule has 0 spiro atoms. The van der Waals surface area contributed by atoms with E-state index in [0.717, 1.165) is 12.1 Å². The van der Waals surface area contributed by atoms with Crippen molar-refractivity contribution in [2.75, 3.05) is 24.7 Å². The van der Waals surface area contributed by atoms with E-state index in [2.05, 4.69) is 15.3 Å². The van der Waals surface area contributed by atoms with Crippen LogP contribution >= 0.6 is 0 Å². The second-order valence-electron chi connectivity index (χ2n) is 10.7. The van der Waals surface area contributed by atoms with E-state index in [1.54, 1.807) is 30.5 Å². The molecule has 3 aliphatic rings. The van der Waals surface area contributed by atoms with E-state index in [4.69, 9.17) is 14.5 Å². The lowest BCUT2D eigenvalue weighted by molar-refractivity contribution is 0.0949. The van der Waals surface area contributed by atoms with Gasteiger partial charge in [0.2, 0.25) is 15.3 Å². The maximum absolute atomic E-state index is 14.7. The number of benzene rings is 1. The Morgan fingerprint density at radius 3 is 2.70 bits per heavy atom. The van der Waals surface area contributed by atoms with E-state index in [0.29, 0.717) is 52.7 Å². The second-order valence-corrected chi connectivity index (χ2v) is 12.7. The Morgan fingerprint density at radius 1 is 1.09 bits per heavy atom. The predicted molar refractivity (Wildman–Crippen MR) is 148 cm³/mol. The normalized spacial score (nSPS) is 21.3. The van der Waals surface area contributed by atoms with Crippen LogP contribution in [0.25, 0.3) is 10.9 Å². The number of aromatic nitrogens is 3. The minimum Gasteiger partial charge on any atom is -0.489 e. The number of alkyl halides is 3. The number of hydrogen-bond acceptors (Lipinski definition) is 9. The van der Waals surface area contributed by atoms with Crippen LogP contribution < -0.4 is 19.7 Å². The molecular weight excluding hydrogens is 606 g/mol. The van der Waals surface area contributed by atoms with Crippen LogP contribution in [0.15, 0.2) is 53.7 Å². The topological polar surface area (TPSA) is 124 Å². The molecule has 1 saturated carbocycles. The van der Waals surface area contributed by atoms with E-state index in [-0.39, 0.29) is 25.1 Å². The third-order valence-corrected chi connectivity index (χ3v) is 9.56. The number of fused-ring (bicyclic) bond motifs is 3. The fourth-order valence-electron chi connectivity index (χ4n) is 5.27. The molecule has 0 saturated heterocycles. The molecule has 1 aromatic carbocycles. The summed E-state index contributed by atoms with van der Waals surface area (Å²) in [6.07, 6.45) is 2.33. The number of sulfone groups is 1. The molecule has 1 amide bonds. The van der Waals surface area contributed by atoms with Crippen molar-refractivity contribution in [2.24, 2.45) is 0 Å². The highest BCUT2D eigenvalue weighted by Crippen LogP contribution is 2.56. The number of hydrogen-bond donors (Lipinski definition) is 1. The van der Waals surface area contributed by atoms with Gasteiger partial charge in [-0.15, -0.1) is 0 Å². The fraction of sp³-hybridized carbons (Fsp3) is 0.310. The third-order valence-electron chi connectivity index (χ3n) is 7.74. The summed E-state index contributed by atoms with van der Waals surface area (Å²) in [5, 5.41) is 3.27. The molecular formula is C29H23F4N5O5S. The summed E-state index contributed by atoms with van der Waals surface area (Å²) < 4.78 is 91.9. The monoisotopic (exact) mass is 629 g/mol. The van der Waals surface area contributed by atoms with Crippen LogP contribution in [-0.2, 0) is 16.4 Å². The zero-order valence-electron chi connectivity index (χ0n) is 22.8. The number of nitrogens with zero attached hydrogens (tertiary/aromatic N) is 4. The minimum atomic E-state index is -4.55. The van der Waals surface area contributed by atoms with Crippen molar-refractivity contribution in [3.05, 3.63) is 71.4 Å². The van der Waals surface area contributed by atoms with E-state index >= 15 is 0 Å². The van der Waals surface area contributed by atoms with Gasteiger partial charge in [-0.1, -0.05) is 0 Å². The quantitative estimate of drug-likeness (QED) is 0.316. The van der Waals surface area contributed by atoms with Crippen LogP contribution in [0.3, 0.4) is 0 Å². The summed E-state index contributed by atoms with van der Waals surface area (Å²) in [5.74, 6) is -4.69. The smallest absolute Gasteiger partial charge is 0.255 e. The van der Waals surface area contributed by atoms with Crippen LogP contribution in [0.5, 0.6) is 11.5 Å². The Morgan fingerprint density at radius 2 is 1.91 bits per heavy atom. The van der Waals surface area contributed by atoms with Crippen molar-refractivity contribution in [3.63, 3.8) is 0 Å².